The largest absolute Gasteiger partial charge is 0.385 e. The van der Waals surface area contributed by atoms with E-state index in [1.54, 1.807) is 24.3 Å². The molecule has 2 aromatic carbocycles. The van der Waals surface area contributed by atoms with Crippen LogP contribution in [0.2, 0.25) is 0 Å². The summed E-state index contributed by atoms with van der Waals surface area (Å²) in [5, 5.41) is 14.0. The predicted molar refractivity (Wildman–Crippen MR) is 81.5 cm³/mol. The van der Waals surface area contributed by atoms with Crippen molar-refractivity contribution < 1.29 is 9.50 Å². The van der Waals surface area contributed by atoms with Gasteiger partial charge in [-0.2, -0.15) is 0 Å². The predicted octanol–water partition coefficient (Wildman–Crippen LogP) is 4.49. The Morgan fingerprint density at radius 2 is 1.95 bits per heavy atom. The van der Waals surface area contributed by atoms with Crippen molar-refractivity contribution in [3.63, 3.8) is 0 Å². The van der Waals surface area contributed by atoms with E-state index in [1.807, 2.05) is 35.7 Å². The Morgan fingerprint density at radius 3 is 2.75 bits per heavy atom. The van der Waals surface area contributed by atoms with Crippen LogP contribution in [0, 0.1) is 5.82 Å². The summed E-state index contributed by atoms with van der Waals surface area (Å²) in [5.74, 6) is -0.271. The summed E-state index contributed by atoms with van der Waals surface area (Å²) in [4.78, 5) is 0. The Bertz CT molecular complexity index is 745. The van der Waals surface area contributed by atoms with Gasteiger partial charge in [0.25, 0.3) is 0 Å². The molecule has 0 aliphatic rings. The highest BCUT2D eigenvalue weighted by Crippen LogP contribution is 2.34. The molecule has 0 radical (unpaired) electrons. The lowest BCUT2D eigenvalue weighted by molar-refractivity contribution is 0.0593. The summed E-state index contributed by atoms with van der Waals surface area (Å²) in [6, 6.07) is 14.4. The maximum atomic E-state index is 13.3. The molecule has 0 aliphatic heterocycles. The number of benzene rings is 2. The molecule has 1 N–H and O–H groups in total. The fourth-order valence-electron chi connectivity index (χ4n) is 2.56. The molecule has 0 amide bonds. The summed E-state index contributed by atoms with van der Waals surface area (Å²) in [7, 11) is 0. The molecule has 1 nitrogen and oxygen atoms in total. The van der Waals surface area contributed by atoms with E-state index in [0.29, 0.717) is 6.42 Å². The van der Waals surface area contributed by atoms with Gasteiger partial charge in [-0.3, -0.25) is 0 Å². The second-order valence-corrected chi connectivity index (χ2v) is 6.14. The molecule has 3 aromatic rings. The summed E-state index contributed by atoms with van der Waals surface area (Å²) in [5.41, 5.74) is 0.677. The van der Waals surface area contributed by atoms with Gasteiger partial charge in [-0.05, 0) is 41.5 Å². The minimum absolute atomic E-state index is 0.271. The lowest BCUT2D eigenvalue weighted by Gasteiger charge is -2.24. The van der Waals surface area contributed by atoms with E-state index in [0.717, 1.165) is 21.2 Å². The van der Waals surface area contributed by atoms with Gasteiger partial charge in [-0.15, -0.1) is 11.3 Å². The standard InChI is InChI=1S/C17H15FOS/c1-17(19,11-12-4-2-6-14(18)10-12)15-7-3-5-13-8-9-20-16(13)15/h2-10,19H,11H2,1H3. The fourth-order valence-corrected chi connectivity index (χ4v) is 3.59. The molecule has 3 rings (SSSR count). The molecule has 1 atom stereocenters. The second-order valence-electron chi connectivity index (χ2n) is 5.23. The first-order valence-electron chi connectivity index (χ1n) is 6.50. The average Bonchev–Trinajstić information content (AvgIpc) is 2.85. The first-order chi connectivity index (χ1) is 9.56. The molecule has 102 valence electrons. The van der Waals surface area contributed by atoms with E-state index in [4.69, 9.17) is 0 Å². The number of halogens is 1. The van der Waals surface area contributed by atoms with E-state index in [-0.39, 0.29) is 5.82 Å². The molecule has 1 aromatic heterocycles. The maximum Gasteiger partial charge on any atom is 0.123 e. The summed E-state index contributed by atoms with van der Waals surface area (Å²) in [6.07, 6.45) is 0.391. The Labute approximate surface area is 121 Å². The van der Waals surface area contributed by atoms with Crippen LogP contribution >= 0.6 is 11.3 Å². The van der Waals surface area contributed by atoms with Crippen molar-refractivity contribution in [1.82, 2.24) is 0 Å². The van der Waals surface area contributed by atoms with Crippen LogP contribution in [-0.2, 0) is 12.0 Å². The molecule has 3 heteroatoms. The van der Waals surface area contributed by atoms with Crippen molar-refractivity contribution >= 4 is 21.4 Å². The summed E-state index contributed by atoms with van der Waals surface area (Å²) >= 11 is 1.62. The third-order valence-electron chi connectivity index (χ3n) is 3.50. The van der Waals surface area contributed by atoms with Crippen molar-refractivity contribution in [1.29, 1.82) is 0 Å². The number of hydrogen-bond acceptors (Lipinski definition) is 2. The van der Waals surface area contributed by atoms with E-state index in [9.17, 15) is 9.50 Å². The van der Waals surface area contributed by atoms with Gasteiger partial charge in [0, 0.05) is 16.7 Å². The first-order valence-corrected chi connectivity index (χ1v) is 7.38. The van der Waals surface area contributed by atoms with Gasteiger partial charge in [0.2, 0.25) is 0 Å². The van der Waals surface area contributed by atoms with Crippen LogP contribution in [-0.4, -0.2) is 5.11 Å². The first kappa shape index (κ1) is 13.3. The molecule has 0 fully saturated rings. The van der Waals surface area contributed by atoms with Crippen molar-refractivity contribution in [2.24, 2.45) is 0 Å². The number of hydrogen-bond donors (Lipinski definition) is 1. The zero-order valence-corrected chi connectivity index (χ0v) is 12.0. The lowest BCUT2D eigenvalue weighted by atomic mass is 9.88. The minimum Gasteiger partial charge on any atom is -0.385 e. The summed E-state index contributed by atoms with van der Waals surface area (Å²) in [6.45, 7) is 1.78. The van der Waals surface area contributed by atoms with Gasteiger partial charge in [0.15, 0.2) is 0 Å². The topological polar surface area (TPSA) is 20.2 Å². The summed E-state index contributed by atoms with van der Waals surface area (Å²) < 4.78 is 14.4. The molecule has 0 bridgehead atoms. The maximum absolute atomic E-state index is 13.3. The second kappa shape index (κ2) is 5.00. The van der Waals surface area contributed by atoms with E-state index < -0.39 is 5.60 Å². The van der Waals surface area contributed by atoms with Crippen molar-refractivity contribution in [2.45, 2.75) is 18.9 Å². The molecule has 0 saturated heterocycles. The Hall–Kier alpha value is -1.71. The Morgan fingerprint density at radius 1 is 1.15 bits per heavy atom. The Balaban J connectivity index is 2.01. The molecule has 1 unspecified atom stereocenters. The van der Waals surface area contributed by atoms with Gasteiger partial charge < -0.3 is 5.11 Å². The van der Waals surface area contributed by atoms with Crippen LogP contribution in [0.5, 0.6) is 0 Å². The smallest absolute Gasteiger partial charge is 0.123 e. The molecule has 1 heterocycles. The highest BCUT2D eigenvalue weighted by atomic mass is 32.1. The van der Waals surface area contributed by atoms with E-state index >= 15 is 0 Å². The van der Waals surface area contributed by atoms with Gasteiger partial charge in [-0.25, -0.2) is 4.39 Å². The van der Waals surface area contributed by atoms with Crippen LogP contribution in [0.4, 0.5) is 4.39 Å². The number of rotatable bonds is 3. The SMILES string of the molecule is CC(O)(Cc1cccc(F)c1)c1cccc2ccsc12. The molecular weight excluding hydrogens is 271 g/mol. The quantitative estimate of drug-likeness (QED) is 0.752. The van der Waals surface area contributed by atoms with Crippen LogP contribution in [0.15, 0.2) is 53.9 Å². The Kier molecular flexibility index (Phi) is 3.32. The molecular formula is C17H15FOS. The molecule has 0 saturated carbocycles. The van der Waals surface area contributed by atoms with Crippen molar-refractivity contribution in [2.75, 3.05) is 0 Å². The van der Waals surface area contributed by atoms with E-state index in [2.05, 4.69) is 0 Å². The highest BCUT2D eigenvalue weighted by Gasteiger charge is 2.26. The van der Waals surface area contributed by atoms with Crippen LogP contribution in [0.25, 0.3) is 10.1 Å². The molecule has 20 heavy (non-hydrogen) atoms. The van der Waals surface area contributed by atoms with Gasteiger partial charge in [0.1, 0.15) is 5.82 Å². The average molecular weight is 286 g/mol. The molecule has 0 spiro atoms. The monoisotopic (exact) mass is 286 g/mol. The minimum atomic E-state index is -1.02. The normalized spacial score (nSPS) is 14.3. The third kappa shape index (κ3) is 2.47. The number of aliphatic hydroxyl groups is 1. The zero-order chi connectivity index (χ0) is 14.2. The van der Waals surface area contributed by atoms with Gasteiger partial charge in [0.05, 0.1) is 5.60 Å². The number of thiophene rings is 1. The van der Waals surface area contributed by atoms with Crippen LogP contribution in [0.3, 0.4) is 0 Å². The molecule has 0 aliphatic carbocycles. The third-order valence-corrected chi connectivity index (χ3v) is 4.46. The zero-order valence-electron chi connectivity index (χ0n) is 11.1. The van der Waals surface area contributed by atoms with Crippen molar-refractivity contribution in [3.05, 3.63) is 70.9 Å². The van der Waals surface area contributed by atoms with Crippen LogP contribution < -0.4 is 0 Å². The van der Waals surface area contributed by atoms with E-state index in [1.165, 1.54) is 12.1 Å². The van der Waals surface area contributed by atoms with Gasteiger partial charge >= 0.3 is 0 Å². The fraction of sp³-hybridized carbons (Fsp3) is 0.176. The highest BCUT2D eigenvalue weighted by molar-refractivity contribution is 7.17. The van der Waals surface area contributed by atoms with Crippen LogP contribution in [0.1, 0.15) is 18.1 Å². The number of fused-ring (bicyclic) bond motifs is 1. The van der Waals surface area contributed by atoms with Crippen molar-refractivity contribution in [3.8, 4) is 0 Å². The lowest BCUT2D eigenvalue weighted by Crippen LogP contribution is -2.24. The van der Waals surface area contributed by atoms with Gasteiger partial charge in [-0.1, -0.05) is 30.3 Å².